The van der Waals surface area contributed by atoms with Crippen LogP contribution in [0.1, 0.15) is 34.1 Å². The normalized spacial score (nSPS) is 12.0. The van der Waals surface area contributed by atoms with Crippen molar-refractivity contribution >= 4 is 0 Å². The first-order valence-corrected chi connectivity index (χ1v) is 5.32. The van der Waals surface area contributed by atoms with Crippen molar-refractivity contribution in [2.45, 2.75) is 40.2 Å². The molecule has 0 aliphatic heterocycles. The van der Waals surface area contributed by atoms with Gasteiger partial charge in [0.15, 0.2) is 0 Å². The smallest absolute Gasteiger partial charge is 0.0593 e. The molecule has 0 aromatic rings. The van der Waals surface area contributed by atoms with Gasteiger partial charge in [0.25, 0.3) is 0 Å². The minimum absolute atomic E-state index is 0.619. The molecule has 2 heteroatoms. The molecule has 0 aliphatic rings. The number of hydrogen-bond donors (Lipinski definition) is 0. The SMILES string of the molecule is CC(C)CCOCCN(C)C(C)C. The summed E-state index contributed by atoms with van der Waals surface area (Å²) in [5.74, 6) is 0.753. The zero-order chi connectivity index (χ0) is 10.3. The van der Waals surface area contributed by atoms with E-state index < -0.39 is 0 Å². The highest BCUT2D eigenvalue weighted by Gasteiger charge is 2.01. The van der Waals surface area contributed by atoms with Crippen LogP contribution in [0.5, 0.6) is 0 Å². The number of hydrogen-bond acceptors (Lipinski definition) is 2. The van der Waals surface area contributed by atoms with Crippen LogP contribution in [0.25, 0.3) is 0 Å². The molecule has 0 amide bonds. The first kappa shape index (κ1) is 12.9. The van der Waals surface area contributed by atoms with Crippen molar-refractivity contribution in [1.82, 2.24) is 4.90 Å². The van der Waals surface area contributed by atoms with E-state index in [-0.39, 0.29) is 0 Å². The van der Waals surface area contributed by atoms with Gasteiger partial charge in [-0.25, -0.2) is 0 Å². The third-order valence-corrected chi connectivity index (χ3v) is 2.31. The molecule has 0 bridgehead atoms. The Morgan fingerprint density at radius 1 is 1.08 bits per heavy atom. The van der Waals surface area contributed by atoms with Crippen molar-refractivity contribution in [2.24, 2.45) is 5.92 Å². The fraction of sp³-hybridized carbons (Fsp3) is 1.00. The largest absolute Gasteiger partial charge is 0.380 e. The van der Waals surface area contributed by atoms with Crippen LogP contribution in [-0.2, 0) is 4.74 Å². The maximum absolute atomic E-state index is 5.52. The fourth-order valence-electron chi connectivity index (χ4n) is 0.888. The molecule has 0 heterocycles. The molecule has 2 nitrogen and oxygen atoms in total. The summed E-state index contributed by atoms with van der Waals surface area (Å²) in [6.45, 7) is 11.7. The van der Waals surface area contributed by atoms with E-state index in [9.17, 15) is 0 Å². The van der Waals surface area contributed by atoms with Gasteiger partial charge in [0.05, 0.1) is 6.61 Å². The van der Waals surface area contributed by atoms with Crippen LogP contribution in [-0.4, -0.2) is 37.7 Å². The molecule has 0 N–H and O–H groups in total. The van der Waals surface area contributed by atoms with Crippen molar-refractivity contribution in [3.05, 3.63) is 0 Å². The molecule has 0 aliphatic carbocycles. The van der Waals surface area contributed by atoms with E-state index in [0.717, 1.165) is 25.7 Å². The second-order valence-electron chi connectivity index (χ2n) is 4.37. The van der Waals surface area contributed by atoms with Crippen LogP contribution in [0.4, 0.5) is 0 Å². The van der Waals surface area contributed by atoms with Crippen LogP contribution in [0.3, 0.4) is 0 Å². The first-order valence-electron chi connectivity index (χ1n) is 5.32. The van der Waals surface area contributed by atoms with E-state index in [1.165, 1.54) is 6.42 Å². The van der Waals surface area contributed by atoms with E-state index in [0.29, 0.717) is 6.04 Å². The van der Waals surface area contributed by atoms with Crippen molar-refractivity contribution in [2.75, 3.05) is 26.8 Å². The Labute approximate surface area is 83.3 Å². The molecule has 0 unspecified atom stereocenters. The van der Waals surface area contributed by atoms with E-state index in [1.807, 2.05) is 0 Å². The van der Waals surface area contributed by atoms with Crippen molar-refractivity contribution in [3.8, 4) is 0 Å². The Morgan fingerprint density at radius 3 is 2.15 bits per heavy atom. The Hall–Kier alpha value is -0.0800. The van der Waals surface area contributed by atoms with Gasteiger partial charge in [0, 0.05) is 19.2 Å². The van der Waals surface area contributed by atoms with Crippen molar-refractivity contribution < 1.29 is 4.74 Å². The highest BCUT2D eigenvalue weighted by atomic mass is 16.5. The number of rotatable bonds is 7. The second kappa shape index (κ2) is 7.34. The summed E-state index contributed by atoms with van der Waals surface area (Å²) < 4.78 is 5.52. The summed E-state index contributed by atoms with van der Waals surface area (Å²) in [7, 11) is 2.14. The summed E-state index contributed by atoms with van der Waals surface area (Å²) in [5.41, 5.74) is 0. The lowest BCUT2D eigenvalue weighted by atomic mass is 10.1. The number of nitrogens with zero attached hydrogens (tertiary/aromatic N) is 1. The maximum atomic E-state index is 5.52. The van der Waals surface area contributed by atoms with E-state index in [1.54, 1.807) is 0 Å². The molecule has 0 saturated carbocycles. The molecule has 0 atom stereocenters. The first-order chi connectivity index (χ1) is 6.04. The van der Waals surface area contributed by atoms with Crippen LogP contribution in [0, 0.1) is 5.92 Å². The van der Waals surface area contributed by atoms with Gasteiger partial charge in [-0.15, -0.1) is 0 Å². The lowest BCUT2D eigenvalue weighted by molar-refractivity contribution is 0.0957. The summed E-state index contributed by atoms with van der Waals surface area (Å²) in [6.07, 6.45) is 1.17. The molecule has 0 saturated heterocycles. The molecule has 0 spiro atoms. The van der Waals surface area contributed by atoms with Crippen molar-refractivity contribution in [3.63, 3.8) is 0 Å². The molecule has 13 heavy (non-hydrogen) atoms. The summed E-state index contributed by atoms with van der Waals surface area (Å²) in [6, 6.07) is 0.619. The predicted molar refractivity (Wildman–Crippen MR) is 58.0 cm³/mol. The minimum atomic E-state index is 0.619. The Bertz CT molecular complexity index is 113. The van der Waals surface area contributed by atoms with Gasteiger partial charge < -0.3 is 9.64 Å². The molecule has 80 valence electrons. The van der Waals surface area contributed by atoms with Gasteiger partial charge in [0.2, 0.25) is 0 Å². The average Bonchev–Trinajstić information content (AvgIpc) is 2.02. The molecule has 0 fully saturated rings. The molecule has 0 rings (SSSR count). The lowest BCUT2D eigenvalue weighted by Gasteiger charge is -2.20. The molecular weight excluding hydrogens is 162 g/mol. The molecular formula is C11H25NO. The Kier molecular flexibility index (Phi) is 7.29. The Morgan fingerprint density at radius 2 is 1.69 bits per heavy atom. The van der Waals surface area contributed by atoms with E-state index in [2.05, 4.69) is 39.6 Å². The monoisotopic (exact) mass is 187 g/mol. The van der Waals surface area contributed by atoms with Gasteiger partial charge in [-0.1, -0.05) is 13.8 Å². The van der Waals surface area contributed by atoms with Crippen molar-refractivity contribution in [1.29, 1.82) is 0 Å². The highest BCUT2D eigenvalue weighted by Crippen LogP contribution is 1.99. The lowest BCUT2D eigenvalue weighted by Crippen LogP contribution is -2.29. The highest BCUT2D eigenvalue weighted by molar-refractivity contribution is 4.55. The fourth-order valence-corrected chi connectivity index (χ4v) is 0.888. The molecule has 0 radical (unpaired) electrons. The van der Waals surface area contributed by atoms with Gasteiger partial charge in [-0.3, -0.25) is 0 Å². The van der Waals surface area contributed by atoms with Crippen LogP contribution >= 0.6 is 0 Å². The number of ether oxygens (including phenoxy) is 1. The van der Waals surface area contributed by atoms with Gasteiger partial charge in [-0.05, 0) is 33.2 Å². The zero-order valence-electron chi connectivity index (χ0n) is 9.84. The van der Waals surface area contributed by atoms with Crippen LogP contribution in [0.15, 0.2) is 0 Å². The van der Waals surface area contributed by atoms with E-state index >= 15 is 0 Å². The quantitative estimate of drug-likeness (QED) is 0.567. The second-order valence-corrected chi connectivity index (χ2v) is 4.37. The summed E-state index contributed by atoms with van der Waals surface area (Å²) >= 11 is 0. The Balaban J connectivity index is 3.16. The van der Waals surface area contributed by atoms with E-state index in [4.69, 9.17) is 4.74 Å². The van der Waals surface area contributed by atoms with Gasteiger partial charge in [0.1, 0.15) is 0 Å². The van der Waals surface area contributed by atoms with Gasteiger partial charge in [-0.2, -0.15) is 0 Å². The van der Waals surface area contributed by atoms with Gasteiger partial charge >= 0.3 is 0 Å². The zero-order valence-corrected chi connectivity index (χ0v) is 9.84. The maximum Gasteiger partial charge on any atom is 0.0593 e. The molecule has 0 aromatic heterocycles. The summed E-state index contributed by atoms with van der Waals surface area (Å²) in [4.78, 5) is 2.30. The standard InChI is InChI=1S/C11H25NO/c1-10(2)6-8-13-9-7-12(5)11(3)4/h10-11H,6-9H2,1-5H3. The minimum Gasteiger partial charge on any atom is -0.380 e. The predicted octanol–water partition coefficient (Wildman–Crippen LogP) is 2.39. The van der Waals surface area contributed by atoms with Crippen LogP contribution < -0.4 is 0 Å². The molecule has 0 aromatic carbocycles. The van der Waals surface area contributed by atoms with Crippen LogP contribution in [0.2, 0.25) is 0 Å². The summed E-state index contributed by atoms with van der Waals surface area (Å²) in [5, 5.41) is 0. The average molecular weight is 187 g/mol. The number of likely N-dealkylation sites (N-methyl/N-ethyl adjacent to an activating group) is 1. The third kappa shape index (κ3) is 8.26. The third-order valence-electron chi connectivity index (χ3n) is 2.31. The topological polar surface area (TPSA) is 12.5 Å².